The van der Waals surface area contributed by atoms with Gasteiger partial charge >= 0.3 is 0 Å². The second-order valence-electron chi connectivity index (χ2n) is 4.00. The molecule has 0 aliphatic carbocycles. The van der Waals surface area contributed by atoms with Crippen LogP contribution in [0.4, 0.5) is 0 Å². The zero-order chi connectivity index (χ0) is 12.3. The van der Waals surface area contributed by atoms with Crippen LogP contribution >= 0.6 is 35.1 Å². The molecular weight excluding hydrogens is 272 g/mol. The van der Waals surface area contributed by atoms with E-state index in [-0.39, 0.29) is 0 Å². The van der Waals surface area contributed by atoms with Crippen LogP contribution in [-0.4, -0.2) is 26.7 Å². The molecule has 1 aromatic heterocycles. The number of hydrogen-bond donors (Lipinski definition) is 0. The minimum Gasteiger partial charge on any atom is -0.237 e. The van der Waals surface area contributed by atoms with Crippen molar-refractivity contribution in [2.24, 2.45) is 0 Å². The molecule has 0 bridgehead atoms. The molecule has 5 heteroatoms. The molecule has 94 valence electrons. The molecule has 0 N–H and O–H groups in total. The lowest BCUT2D eigenvalue weighted by Gasteiger charge is -2.28. The molecule has 0 radical (unpaired) electrons. The molecule has 1 aromatic rings. The molecule has 1 aliphatic heterocycles. The van der Waals surface area contributed by atoms with Crippen LogP contribution in [0.3, 0.4) is 0 Å². The fourth-order valence-corrected chi connectivity index (χ4v) is 5.14. The quantitative estimate of drug-likeness (QED) is 0.786. The monoisotopic (exact) mass is 288 g/mol. The molecule has 0 amide bonds. The fraction of sp³-hybridized carbons (Fsp3) is 0.667. The standard InChI is InChI=1S/C12H17ClN2S2/c1-3-8-7-10(13)15-12(14-8)11-9(4-2)16-5-6-17-11/h7,9,11H,3-6H2,1-2H3. The minimum absolute atomic E-state index is 0.405. The first kappa shape index (κ1) is 13.5. The van der Waals surface area contributed by atoms with Crippen molar-refractivity contribution in [3.8, 4) is 0 Å². The van der Waals surface area contributed by atoms with E-state index in [9.17, 15) is 0 Å². The normalized spacial score (nSPS) is 24.9. The smallest absolute Gasteiger partial charge is 0.144 e. The van der Waals surface area contributed by atoms with Crippen molar-refractivity contribution in [2.75, 3.05) is 11.5 Å². The Morgan fingerprint density at radius 3 is 2.76 bits per heavy atom. The highest BCUT2D eigenvalue weighted by Crippen LogP contribution is 2.42. The number of hydrogen-bond acceptors (Lipinski definition) is 4. The summed E-state index contributed by atoms with van der Waals surface area (Å²) in [4.78, 5) is 9.07. The van der Waals surface area contributed by atoms with Gasteiger partial charge in [0.15, 0.2) is 0 Å². The number of halogens is 1. The minimum atomic E-state index is 0.405. The highest BCUT2D eigenvalue weighted by Gasteiger charge is 2.29. The van der Waals surface area contributed by atoms with Crippen LogP contribution in [0, 0.1) is 0 Å². The van der Waals surface area contributed by atoms with E-state index >= 15 is 0 Å². The van der Waals surface area contributed by atoms with Crippen molar-refractivity contribution in [2.45, 2.75) is 37.2 Å². The topological polar surface area (TPSA) is 25.8 Å². The lowest BCUT2D eigenvalue weighted by Crippen LogP contribution is -2.20. The summed E-state index contributed by atoms with van der Waals surface area (Å²) < 4.78 is 0. The van der Waals surface area contributed by atoms with Gasteiger partial charge in [0.2, 0.25) is 0 Å². The van der Waals surface area contributed by atoms with Crippen LogP contribution in [0.25, 0.3) is 0 Å². The van der Waals surface area contributed by atoms with Crippen LogP contribution in [0.2, 0.25) is 5.15 Å². The molecule has 2 rings (SSSR count). The third kappa shape index (κ3) is 3.30. The molecule has 2 nitrogen and oxygen atoms in total. The third-order valence-electron chi connectivity index (χ3n) is 2.83. The summed E-state index contributed by atoms with van der Waals surface area (Å²) in [5.74, 6) is 3.35. The molecule has 0 spiro atoms. The van der Waals surface area contributed by atoms with Crippen LogP contribution in [-0.2, 0) is 6.42 Å². The lowest BCUT2D eigenvalue weighted by molar-refractivity contribution is 0.741. The second kappa shape index (κ2) is 6.30. The number of rotatable bonds is 3. The van der Waals surface area contributed by atoms with Gasteiger partial charge in [0, 0.05) is 22.4 Å². The Morgan fingerprint density at radius 1 is 1.29 bits per heavy atom. The first-order valence-corrected chi connectivity index (χ1v) is 8.48. The van der Waals surface area contributed by atoms with E-state index in [0.717, 1.165) is 17.9 Å². The van der Waals surface area contributed by atoms with Gasteiger partial charge in [-0.25, -0.2) is 9.97 Å². The molecule has 2 atom stereocenters. The van der Waals surface area contributed by atoms with E-state index < -0.39 is 0 Å². The summed E-state index contributed by atoms with van der Waals surface area (Å²) in [6, 6.07) is 1.87. The van der Waals surface area contributed by atoms with Crippen LogP contribution in [0.1, 0.15) is 37.0 Å². The predicted molar refractivity (Wildman–Crippen MR) is 78.2 cm³/mol. The van der Waals surface area contributed by atoms with Gasteiger partial charge < -0.3 is 0 Å². The van der Waals surface area contributed by atoms with Gasteiger partial charge in [-0.15, -0.1) is 11.8 Å². The summed E-state index contributed by atoms with van der Waals surface area (Å²) in [7, 11) is 0. The van der Waals surface area contributed by atoms with Gasteiger partial charge in [0.1, 0.15) is 11.0 Å². The van der Waals surface area contributed by atoms with Crippen LogP contribution < -0.4 is 0 Å². The zero-order valence-electron chi connectivity index (χ0n) is 10.1. The van der Waals surface area contributed by atoms with Crippen molar-refractivity contribution in [1.82, 2.24) is 9.97 Å². The second-order valence-corrected chi connectivity index (χ2v) is 6.99. The number of aryl methyl sites for hydroxylation is 1. The molecule has 1 saturated heterocycles. The summed E-state index contributed by atoms with van der Waals surface area (Å²) in [5.41, 5.74) is 1.05. The third-order valence-corrected chi connectivity index (χ3v) is 6.27. The Kier molecular flexibility index (Phi) is 5.00. The number of thioether (sulfide) groups is 2. The average Bonchev–Trinajstić information content (AvgIpc) is 2.37. The maximum Gasteiger partial charge on any atom is 0.144 e. The van der Waals surface area contributed by atoms with E-state index in [0.29, 0.717) is 15.7 Å². The van der Waals surface area contributed by atoms with E-state index in [2.05, 4.69) is 23.8 Å². The zero-order valence-corrected chi connectivity index (χ0v) is 12.5. The van der Waals surface area contributed by atoms with E-state index in [1.54, 1.807) is 0 Å². The predicted octanol–water partition coefficient (Wildman–Crippen LogP) is 3.99. The maximum absolute atomic E-state index is 6.07. The summed E-state index contributed by atoms with van der Waals surface area (Å²) in [6.07, 6.45) is 2.08. The Bertz CT molecular complexity index is 387. The largest absolute Gasteiger partial charge is 0.237 e. The SMILES string of the molecule is CCc1cc(Cl)nc(C2SCCSC2CC)n1. The summed E-state index contributed by atoms with van der Waals surface area (Å²) in [5, 5.41) is 1.61. The Labute approximate surface area is 116 Å². The van der Waals surface area contributed by atoms with Crippen molar-refractivity contribution in [3.05, 3.63) is 22.7 Å². The first-order valence-electron chi connectivity index (χ1n) is 6.01. The highest BCUT2D eigenvalue weighted by molar-refractivity contribution is 8.06. The van der Waals surface area contributed by atoms with Gasteiger partial charge in [0.25, 0.3) is 0 Å². The van der Waals surface area contributed by atoms with Gasteiger partial charge in [-0.05, 0) is 18.9 Å². The number of nitrogens with zero attached hydrogens (tertiary/aromatic N) is 2. The molecule has 0 aromatic carbocycles. The Hall–Kier alpha value is 0.0700. The molecule has 17 heavy (non-hydrogen) atoms. The van der Waals surface area contributed by atoms with Crippen molar-refractivity contribution < 1.29 is 0 Å². The Balaban J connectivity index is 2.27. The molecule has 1 aliphatic rings. The molecule has 0 saturated carbocycles. The fourth-order valence-electron chi connectivity index (χ4n) is 1.93. The lowest BCUT2D eigenvalue weighted by atomic mass is 10.2. The van der Waals surface area contributed by atoms with Gasteiger partial charge in [-0.3, -0.25) is 0 Å². The Morgan fingerprint density at radius 2 is 2.06 bits per heavy atom. The molecule has 1 fully saturated rings. The van der Waals surface area contributed by atoms with E-state index in [1.807, 2.05) is 29.6 Å². The average molecular weight is 289 g/mol. The van der Waals surface area contributed by atoms with E-state index in [4.69, 9.17) is 11.6 Å². The first-order chi connectivity index (χ1) is 8.24. The summed E-state index contributed by atoms with van der Waals surface area (Å²) in [6.45, 7) is 4.34. The maximum atomic E-state index is 6.07. The molecular formula is C12H17ClN2S2. The van der Waals surface area contributed by atoms with Crippen molar-refractivity contribution >= 4 is 35.1 Å². The van der Waals surface area contributed by atoms with Gasteiger partial charge in [-0.1, -0.05) is 25.4 Å². The molecule has 2 heterocycles. The number of aromatic nitrogens is 2. The summed E-state index contributed by atoms with van der Waals surface area (Å²) >= 11 is 10.1. The van der Waals surface area contributed by atoms with E-state index in [1.165, 1.54) is 17.9 Å². The van der Waals surface area contributed by atoms with Crippen LogP contribution in [0.15, 0.2) is 6.07 Å². The van der Waals surface area contributed by atoms with Crippen LogP contribution in [0.5, 0.6) is 0 Å². The van der Waals surface area contributed by atoms with Gasteiger partial charge in [0.05, 0.1) is 5.25 Å². The van der Waals surface area contributed by atoms with Crippen molar-refractivity contribution in [3.63, 3.8) is 0 Å². The van der Waals surface area contributed by atoms with Crippen molar-refractivity contribution in [1.29, 1.82) is 0 Å². The molecule has 2 unspecified atom stereocenters. The highest BCUT2D eigenvalue weighted by atomic mass is 35.5. The van der Waals surface area contributed by atoms with Gasteiger partial charge in [-0.2, -0.15) is 11.8 Å².